The molecule has 108 valence electrons. The van der Waals surface area contributed by atoms with Crippen LogP contribution in [0.3, 0.4) is 0 Å². The zero-order chi connectivity index (χ0) is 15.6. The molecule has 0 heterocycles. The molecule has 2 aromatic carbocycles. The van der Waals surface area contributed by atoms with Crippen LogP contribution < -0.4 is 0 Å². The first-order chi connectivity index (χ1) is 9.88. The summed E-state index contributed by atoms with van der Waals surface area (Å²) >= 11 is 11.3. The lowest BCUT2D eigenvalue weighted by atomic mass is 10.2. The Balaban J connectivity index is 2.43. The molecule has 0 saturated carbocycles. The second-order valence-corrected chi connectivity index (χ2v) is 4.85. The molecule has 0 aliphatic rings. The molecule has 2 aromatic rings. The Hall–Kier alpha value is -2.18. The zero-order valence-corrected chi connectivity index (χ0v) is 11.8. The lowest BCUT2D eigenvalue weighted by Crippen LogP contribution is -1.92. The maximum Gasteiger partial charge on any atom is 0.312 e. The number of aliphatic imine (C=N–C) groups is 1. The summed E-state index contributed by atoms with van der Waals surface area (Å²) in [5.74, 6) is -1.25. The molecule has 0 saturated heterocycles. The first kappa shape index (κ1) is 15.2. The van der Waals surface area contributed by atoms with Crippen LogP contribution in [0, 0.1) is 15.9 Å². The topological polar surface area (TPSA) is 75.7 Å². The van der Waals surface area contributed by atoms with Crippen molar-refractivity contribution in [2.24, 2.45) is 4.99 Å². The molecule has 2 rings (SSSR count). The summed E-state index contributed by atoms with van der Waals surface area (Å²) in [7, 11) is 0. The van der Waals surface area contributed by atoms with Crippen LogP contribution in [0.4, 0.5) is 15.8 Å². The molecule has 0 atom stereocenters. The predicted molar refractivity (Wildman–Crippen MR) is 78.4 cm³/mol. The van der Waals surface area contributed by atoms with Crippen LogP contribution in [0.5, 0.6) is 5.75 Å². The van der Waals surface area contributed by atoms with Gasteiger partial charge in [-0.1, -0.05) is 23.2 Å². The average Bonchev–Trinajstić information content (AvgIpc) is 2.40. The van der Waals surface area contributed by atoms with E-state index in [1.807, 2.05) is 0 Å². The van der Waals surface area contributed by atoms with Crippen molar-refractivity contribution in [2.45, 2.75) is 0 Å². The van der Waals surface area contributed by atoms with E-state index in [9.17, 15) is 19.6 Å². The summed E-state index contributed by atoms with van der Waals surface area (Å²) in [6, 6.07) is 6.15. The highest BCUT2D eigenvalue weighted by Gasteiger charge is 2.17. The number of phenols is 1. The summed E-state index contributed by atoms with van der Waals surface area (Å²) < 4.78 is 13.5. The average molecular weight is 329 g/mol. The number of hydrogen-bond donors (Lipinski definition) is 1. The molecule has 0 aromatic heterocycles. The van der Waals surface area contributed by atoms with Gasteiger partial charge in [0.15, 0.2) is 0 Å². The van der Waals surface area contributed by atoms with E-state index in [0.29, 0.717) is 0 Å². The van der Waals surface area contributed by atoms with E-state index >= 15 is 0 Å². The monoisotopic (exact) mass is 328 g/mol. The molecule has 0 aliphatic heterocycles. The van der Waals surface area contributed by atoms with Crippen LogP contribution in [-0.4, -0.2) is 16.2 Å². The fourth-order valence-corrected chi connectivity index (χ4v) is 1.95. The number of nitrogens with zero attached hydrogens (tertiary/aromatic N) is 2. The van der Waals surface area contributed by atoms with Crippen LogP contribution in [-0.2, 0) is 0 Å². The highest BCUT2D eigenvalue weighted by Crippen LogP contribution is 2.32. The van der Waals surface area contributed by atoms with Crippen molar-refractivity contribution in [2.75, 3.05) is 0 Å². The largest absolute Gasteiger partial charge is 0.502 e. The van der Waals surface area contributed by atoms with Crippen molar-refractivity contribution in [1.82, 2.24) is 0 Å². The molecular weight excluding hydrogens is 322 g/mol. The van der Waals surface area contributed by atoms with Gasteiger partial charge in [0.05, 0.1) is 10.6 Å². The first-order valence-electron chi connectivity index (χ1n) is 5.54. The van der Waals surface area contributed by atoms with Crippen molar-refractivity contribution < 1.29 is 14.4 Å². The highest BCUT2D eigenvalue weighted by molar-refractivity contribution is 6.31. The van der Waals surface area contributed by atoms with Crippen molar-refractivity contribution in [1.29, 1.82) is 0 Å². The first-order valence-corrected chi connectivity index (χ1v) is 6.30. The number of rotatable bonds is 3. The summed E-state index contributed by atoms with van der Waals surface area (Å²) in [5, 5.41) is 20.8. The minimum Gasteiger partial charge on any atom is -0.502 e. The van der Waals surface area contributed by atoms with Crippen molar-refractivity contribution in [3.05, 3.63) is 61.9 Å². The molecule has 21 heavy (non-hydrogen) atoms. The van der Waals surface area contributed by atoms with Gasteiger partial charge in [0.25, 0.3) is 0 Å². The Morgan fingerprint density at radius 1 is 1.24 bits per heavy atom. The molecular formula is C13H7Cl2FN2O3. The summed E-state index contributed by atoms with van der Waals surface area (Å²) in [6.07, 6.45) is 1.08. The van der Waals surface area contributed by atoms with E-state index in [1.165, 1.54) is 18.2 Å². The second kappa shape index (κ2) is 6.07. The van der Waals surface area contributed by atoms with Gasteiger partial charge in [0.1, 0.15) is 5.82 Å². The number of nitro groups is 1. The fourth-order valence-electron chi connectivity index (χ4n) is 1.57. The maximum atomic E-state index is 13.5. The third kappa shape index (κ3) is 3.48. The van der Waals surface area contributed by atoms with Gasteiger partial charge in [-0.05, 0) is 24.3 Å². The second-order valence-electron chi connectivity index (χ2n) is 3.97. The Kier molecular flexibility index (Phi) is 4.40. The molecule has 0 spiro atoms. The van der Waals surface area contributed by atoms with Gasteiger partial charge in [-0.2, -0.15) is 0 Å². The predicted octanol–water partition coefficient (Wildman–Crippen LogP) is 4.50. The van der Waals surface area contributed by atoms with Crippen LogP contribution in [0.2, 0.25) is 10.0 Å². The van der Waals surface area contributed by atoms with Gasteiger partial charge < -0.3 is 5.11 Å². The Morgan fingerprint density at radius 2 is 1.95 bits per heavy atom. The molecule has 0 fully saturated rings. The maximum absolute atomic E-state index is 13.5. The number of benzene rings is 2. The van der Waals surface area contributed by atoms with Gasteiger partial charge in [0.2, 0.25) is 5.75 Å². The SMILES string of the molecule is O=[N+]([O-])c1cc(Cl)cc(C=Nc2ccc(Cl)cc2F)c1O. The van der Waals surface area contributed by atoms with Gasteiger partial charge in [-0.25, -0.2) is 4.39 Å². The molecule has 0 unspecified atom stereocenters. The number of aromatic hydroxyl groups is 1. The van der Waals surface area contributed by atoms with E-state index in [2.05, 4.69) is 4.99 Å². The Morgan fingerprint density at radius 3 is 2.57 bits per heavy atom. The van der Waals surface area contributed by atoms with Crippen LogP contribution in [0.15, 0.2) is 35.3 Å². The third-order valence-corrected chi connectivity index (χ3v) is 2.99. The Labute approximate surface area is 128 Å². The van der Waals surface area contributed by atoms with Crippen molar-refractivity contribution in [3.8, 4) is 5.75 Å². The molecule has 0 bridgehead atoms. The third-order valence-electron chi connectivity index (χ3n) is 2.53. The molecule has 0 aliphatic carbocycles. The molecule has 1 N–H and O–H groups in total. The van der Waals surface area contributed by atoms with Gasteiger partial charge in [0, 0.05) is 27.9 Å². The molecule has 5 nitrogen and oxygen atoms in total. The van der Waals surface area contributed by atoms with Crippen molar-refractivity contribution >= 4 is 40.8 Å². The van der Waals surface area contributed by atoms with E-state index in [4.69, 9.17) is 23.2 Å². The van der Waals surface area contributed by atoms with Crippen LogP contribution in [0.25, 0.3) is 0 Å². The van der Waals surface area contributed by atoms with E-state index in [1.54, 1.807) is 0 Å². The zero-order valence-electron chi connectivity index (χ0n) is 10.3. The van der Waals surface area contributed by atoms with Crippen LogP contribution >= 0.6 is 23.2 Å². The summed E-state index contributed by atoms with van der Waals surface area (Å²) in [5.41, 5.74) is -0.578. The minimum atomic E-state index is -0.776. The van der Waals surface area contributed by atoms with Crippen LogP contribution in [0.1, 0.15) is 5.56 Å². The lowest BCUT2D eigenvalue weighted by Gasteiger charge is -2.02. The number of hydrogen-bond acceptors (Lipinski definition) is 4. The standard InChI is InChI=1S/C13H7Cl2FN2O3/c14-8-1-2-11(10(16)4-8)17-6-7-3-9(15)5-12(13(7)19)18(20)21/h1-6,19H. The molecule has 8 heteroatoms. The quantitative estimate of drug-likeness (QED) is 0.512. The summed E-state index contributed by atoms with van der Waals surface area (Å²) in [4.78, 5) is 13.8. The Bertz CT molecular complexity index is 750. The van der Waals surface area contributed by atoms with Crippen molar-refractivity contribution in [3.63, 3.8) is 0 Å². The number of halogens is 3. The highest BCUT2D eigenvalue weighted by atomic mass is 35.5. The number of nitro benzene ring substituents is 1. The van der Waals surface area contributed by atoms with E-state index < -0.39 is 22.2 Å². The lowest BCUT2D eigenvalue weighted by molar-refractivity contribution is -0.385. The van der Waals surface area contributed by atoms with Gasteiger partial charge in [-0.15, -0.1) is 0 Å². The smallest absolute Gasteiger partial charge is 0.312 e. The molecule has 0 amide bonds. The van der Waals surface area contributed by atoms with Gasteiger partial charge >= 0.3 is 5.69 Å². The fraction of sp³-hybridized carbons (Fsp3) is 0. The van der Waals surface area contributed by atoms with E-state index in [-0.39, 0.29) is 21.3 Å². The van der Waals surface area contributed by atoms with E-state index in [0.717, 1.165) is 18.3 Å². The minimum absolute atomic E-state index is 0.00329. The van der Waals surface area contributed by atoms with Gasteiger partial charge in [-0.3, -0.25) is 15.1 Å². The normalized spacial score (nSPS) is 11.0. The summed E-state index contributed by atoms with van der Waals surface area (Å²) in [6.45, 7) is 0. The molecule has 0 radical (unpaired) electrons. The number of phenolic OH excluding ortho intramolecular Hbond substituents is 1.